The van der Waals surface area contributed by atoms with E-state index in [4.69, 9.17) is 4.74 Å². The third-order valence-corrected chi connectivity index (χ3v) is 4.00. The van der Waals surface area contributed by atoms with Crippen LogP contribution in [0.1, 0.15) is 23.2 Å². The molecule has 1 aromatic rings. The van der Waals surface area contributed by atoms with E-state index >= 15 is 0 Å². The molecule has 6 heteroatoms. The van der Waals surface area contributed by atoms with Gasteiger partial charge in [-0.05, 0) is 18.9 Å². The van der Waals surface area contributed by atoms with Crippen molar-refractivity contribution in [2.45, 2.75) is 23.8 Å². The zero-order chi connectivity index (χ0) is 13.0. The zero-order valence-electron chi connectivity index (χ0n) is 9.70. The van der Waals surface area contributed by atoms with Gasteiger partial charge >= 0.3 is 0 Å². The van der Waals surface area contributed by atoms with Crippen molar-refractivity contribution in [3.05, 3.63) is 33.9 Å². The van der Waals surface area contributed by atoms with E-state index in [0.29, 0.717) is 11.8 Å². The molecule has 0 N–H and O–H groups in total. The molecule has 0 saturated carbocycles. The Bertz CT molecular complexity index is 457. The third kappa shape index (κ3) is 3.08. The summed E-state index contributed by atoms with van der Waals surface area (Å²) in [5.74, 6) is 0.776. The van der Waals surface area contributed by atoms with Crippen LogP contribution in [0.25, 0.3) is 0 Å². The van der Waals surface area contributed by atoms with Gasteiger partial charge in [-0.3, -0.25) is 14.9 Å². The van der Waals surface area contributed by atoms with Gasteiger partial charge in [0.05, 0.1) is 11.0 Å². The molecule has 2 rings (SSSR count). The monoisotopic (exact) mass is 267 g/mol. The number of carbonyl (C=O) groups excluding carboxylic acids is 1. The summed E-state index contributed by atoms with van der Waals surface area (Å²) >= 11 is 1.51. The highest BCUT2D eigenvalue weighted by molar-refractivity contribution is 7.99. The normalized spacial score (nSPS) is 18.8. The highest BCUT2D eigenvalue weighted by Gasteiger charge is 2.17. The lowest BCUT2D eigenvalue weighted by Crippen LogP contribution is -2.08. The van der Waals surface area contributed by atoms with Crippen LogP contribution in [0.2, 0.25) is 0 Å². The second kappa shape index (κ2) is 5.97. The Balaban J connectivity index is 2.06. The highest BCUT2D eigenvalue weighted by Crippen LogP contribution is 2.28. The minimum atomic E-state index is -0.498. The number of nitro groups is 1. The summed E-state index contributed by atoms with van der Waals surface area (Å²) < 4.78 is 5.49. The van der Waals surface area contributed by atoms with Crippen LogP contribution in [0.3, 0.4) is 0 Å². The second-order valence-corrected chi connectivity index (χ2v) is 5.10. The molecule has 0 aliphatic carbocycles. The molecule has 5 nitrogen and oxygen atoms in total. The molecule has 96 valence electrons. The molecule has 1 fully saturated rings. The largest absolute Gasteiger partial charge is 0.377 e. The first-order valence-corrected chi connectivity index (χ1v) is 6.67. The van der Waals surface area contributed by atoms with Crippen LogP contribution in [0.15, 0.2) is 23.1 Å². The first-order valence-electron chi connectivity index (χ1n) is 5.68. The van der Waals surface area contributed by atoms with Gasteiger partial charge in [0.15, 0.2) is 6.29 Å². The number of nitro benzene ring substituents is 1. The van der Waals surface area contributed by atoms with Gasteiger partial charge < -0.3 is 4.74 Å². The van der Waals surface area contributed by atoms with Crippen molar-refractivity contribution < 1.29 is 14.5 Å². The summed E-state index contributed by atoms with van der Waals surface area (Å²) in [6, 6.07) is 4.36. The molecule has 1 unspecified atom stereocenters. The van der Waals surface area contributed by atoms with E-state index in [1.807, 2.05) is 0 Å². The first kappa shape index (κ1) is 13.0. The average molecular weight is 267 g/mol. The number of aldehydes is 1. The number of nitrogens with zero attached hydrogens (tertiary/aromatic N) is 1. The summed E-state index contributed by atoms with van der Waals surface area (Å²) in [5, 5.41) is 10.6. The molecule has 1 heterocycles. The van der Waals surface area contributed by atoms with E-state index < -0.39 is 4.92 Å². The fourth-order valence-corrected chi connectivity index (χ4v) is 2.90. The predicted octanol–water partition coefficient (Wildman–Crippen LogP) is 2.68. The average Bonchev–Trinajstić information content (AvgIpc) is 2.89. The van der Waals surface area contributed by atoms with Crippen molar-refractivity contribution in [2.75, 3.05) is 12.4 Å². The Kier molecular flexibility index (Phi) is 4.33. The topological polar surface area (TPSA) is 69.4 Å². The first-order chi connectivity index (χ1) is 8.70. The van der Waals surface area contributed by atoms with Gasteiger partial charge in [-0.2, -0.15) is 0 Å². The Morgan fingerprint density at radius 1 is 1.56 bits per heavy atom. The van der Waals surface area contributed by atoms with E-state index in [2.05, 4.69) is 0 Å². The van der Waals surface area contributed by atoms with Gasteiger partial charge in [0.2, 0.25) is 0 Å². The number of ether oxygens (including phenoxy) is 1. The Morgan fingerprint density at radius 2 is 2.39 bits per heavy atom. The van der Waals surface area contributed by atoms with Crippen molar-refractivity contribution in [1.29, 1.82) is 0 Å². The van der Waals surface area contributed by atoms with Crippen molar-refractivity contribution in [3.8, 4) is 0 Å². The maximum Gasteiger partial charge on any atom is 0.270 e. The molecular formula is C12H13NO4S. The second-order valence-electron chi connectivity index (χ2n) is 4.04. The van der Waals surface area contributed by atoms with Crippen LogP contribution in [0, 0.1) is 10.1 Å². The number of thioether (sulfide) groups is 1. The number of benzene rings is 1. The SMILES string of the molecule is O=Cc1cc([N+](=O)[O-])ccc1SCC1CCCO1. The number of hydrogen-bond donors (Lipinski definition) is 0. The Morgan fingerprint density at radius 3 is 3.00 bits per heavy atom. The standard InChI is InChI=1S/C12H13NO4S/c14-7-9-6-10(13(15)16)3-4-12(9)18-8-11-2-1-5-17-11/h3-4,6-7,11H,1-2,5,8H2. The molecule has 1 aliphatic heterocycles. The maximum absolute atomic E-state index is 10.9. The lowest BCUT2D eigenvalue weighted by molar-refractivity contribution is -0.384. The number of hydrogen-bond acceptors (Lipinski definition) is 5. The minimum absolute atomic E-state index is 0.0569. The van der Waals surface area contributed by atoms with Crippen molar-refractivity contribution in [2.24, 2.45) is 0 Å². The minimum Gasteiger partial charge on any atom is -0.377 e. The van der Waals surface area contributed by atoms with E-state index in [1.165, 1.54) is 23.9 Å². The molecule has 0 spiro atoms. The van der Waals surface area contributed by atoms with Gasteiger partial charge in [0.1, 0.15) is 0 Å². The van der Waals surface area contributed by atoms with Crippen molar-refractivity contribution >= 4 is 23.7 Å². The zero-order valence-corrected chi connectivity index (χ0v) is 10.5. The van der Waals surface area contributed by atoms with E-state index in [-0.39, 0.29) is 11.8 Å². The van der Waals surface area contributed by atoms with Crippen LogP contribution in [0.4, 0.5) is 5.69 Å². The number of non-ortho nitro benzene ring substituents is 1. The van der Waals surface area contributed by atoms with Gasteiger partial charge in [0.25, 0.3) is 5.69 Å². The Hall–Kier alpha value is -1.40. The highest BCUT2D eigenvalue weighted by atomic mass is 32.2. The van der Waals surface area contributed by atoms with Gasteiger partial charge in [-0.1, -0.05) is 0 Å². The molecule has 0 aromatic heterocycles. The summed E-state index contributed by atoms with van der Waals surface area (Å²) in [4.78, 5) is 21.8. The maximum atomic E-state index is 10.9. The molecule has 18 heavy (non-hydrogen) atoms. The van der Waals surface area contributed by atoms with Gasteiger partial charge in [0, 0.05) is 35.0 Å². The Labute approximate surface area is 109 Å². The van der Waals surface area contributed by atoms with Crippen LogP contribution in [-0.2, 0) is 4.74 Å². The summed E-state index contributed by atoms with van der Waals surface area (Å²) in [6.07, 6.45) is 3.00. The number of rotatable bonds is 5. The molecule has 1 saturated heterocycles. The van der Waals surface area contributed by atoms with Crippen molar-refractivity contribution in [1.82, 2.24) is 0 Å². The molecular weight excluding hydrogens is 254 g/mol. The fourth-order valence-electron chi connectivity index (χ4n) is 1.83. The quantitative estimate of drug-likeness (QED) is 0.355. The summed E-state index contributed by atoms with van der Waals surface area (Å²) in [5.41, 5.74) is 0.311. The molecule has 1 atom stereocenters. The molecule has 1 aromatic carbocycles. The smallest absolute Gasteiger partial charge is 0.270 e. The van der Waals surface area contributed by atoms with E-state index in [1.54, 1.807) is 6.07 Å². The van der Waals surface area contributed by atoms with Crippen LogP contribution in [-0.4, -0.2) is 29.7 Å². The lowest BCUT2D eigenvalue weighted by atomic mass is 10.2. The molecule has 0 amide bonds. The number of carbonyl (C=O) groups is 1. The third-order valence-electron chi connectivity index (χ3n) is 2.78. The summed E-state index contributed by atoms with van der Waals surface area (Å²) in [7, 11) is 0. The molecule has 0 bridgehead atoms. The van der Waals surface area contributed by atoms with Gasteiger partial charge in [-0.25, -0.2) is 0 Å². The van der Waals surface area contributed by atoms with Crippen LogP contribution < -0.4 is 0 Å². The molecule has 0 radical (unpaired) electrons. The lowest BCUT2D eigenvalue weighted by Gasteiger charge is -2.09. The van der Waals surface area contributed by atoms with Crippen molar-refractivity contribution in [3.63, 3.8) is 0 Å². The van der Waals surface area contributed by atoms with Crippen LogP contribution in [0.5, 0.6) is 0 Å². The molecule has 1 aliphatic rings. The van der Waals surface area contributed by atoms with E-state index in [0.717, 1.165) is 30.1 Å². The van der Waals surface area contributed by atoms with E-state index in [9.17, 15) is 14.9 Å². The predicted molar refractivity (Wildman–Crippen MR) is 68.2 cm³/mol. The summed E-state index contributed by atoms with van der Waals surface area (Å²) in [6.45, 7) is 0.798. The van der Waals surface area contributed by atoms with Gasteiger partial charge in [-0.15, -0.1) is 11.8 Å². The fraction of sp³-hybridized carbons (Fsp3) is 0.417. The van der Waals surface area contributed by atoms with Crippen LogP contribution >= 0.6 is 11.8 Å².